The molecule has 0 spiro atoms. The van der Waals surface area contributed by atoms with Crippen LogP contribution in [0.5, 0.6) is 5.75 Å². The van der Waals surface area contributed by atoms with Gasteiger partial charge in [-0.05, 0) is 46.4 Å². The molecule has 178 valence electrons. The number of aliphatic hydroxyl groups excluding tert-OH is 1. The van der Waals surface area contributed by atoms with Crippen LogP contribution in [0.3, 0.4) is 0 Å². The standard InChI is InChI=1S/C24H25ClFN5O3/c1-11-20(25)12(2)31-22(27-11)15-9-30(10-16(15)28-31)23(33)14-6-5-13(26)7-18(14)34-24(3)19-8-17(32)21(24)29(19)4/h5-7,17,19,21,32H,8-10H2,1-4H3. The largest absolute Gasteiger partial charge is 0.483 e. The highest BCUT2D eigenvalue weighted by Crippen LogP contribution is 2.50. The van der Waals surface area contributed by atoms with Crippen molar-refractivity contribution in [2.24, 2.45) is 0 Å². The van der Waals surface area contributed by atoms with Gasteiger partial charge >= 0.3 is 0 Å². The Labute approximate surface area is 200 Å². The van der Waals surface area contributed by atoms with Gasteiger partial charge in [-0.25, -0.2) is 13.9 Å². The predicted molar refractivity (Wildman–Crippen MR) is 122 cm³/mol. The number of nitrogens with zero attached hydrogens (tertiary/aromatic N) is 5. The van der Waals surface area contributed by atoms with Crippen molar-refractivity contribution in [1.29, 1.82) is 0 Å². The molecule has 3 aromatic rings. The third-order valence-corrected chi connectivity index (χ3v) is 8.30. The highest BCUT2D eigenvalue weighted by atomic mass is 35.5. The SMILES string of the molecule is Cc1nc2c3c(nn2c(C)c1Cl)CN(C(=O)c1ccc(F)cc1OC1(C)C2CC(O)C1N2C)C3. The van der Waals surface area contributed by atoms with E-state index in [2.05, 4.69) is 15.0 Å². The molecule has 1 N–H and O–H groups in total. The molecular weight excluding hydrogens is 461 g/mol. The quantitative estimate of drug-likeness (QED) is 0.614. The van der Waals surface area contributed by atoms with Crippen LogP contribution in [0.1, 0.15) is 46.3 Å². The zero-order valence-electron chi connectivity index (χ0n) is 19.3. The molecule has 8 nitrogen and oxygen atoms in total. The van der Waals surface area contributed by atoms with E-state index in [1.165, 1.54) is 18.2 Å². The minimum absolute atomic E-state index is 0.00711. The van der Waals surface area contributed by atoms with E-state index in [1.54, 1.807) is 9.42 Å². The van der Waals surface area contributed by atoms with Crippen LogP contribution in [-0.4, -0.2) is 66.2 Å². The number of aliphatic hydroxyl groups is 1. The summed E-state index contributed by atoms with van der Waals surface area (Å²) in [6.45, 7) is 6.30. The van der Waals surface area contributed by atoms with Crippen molar-refractivity contribution in [2.45, 2.75) is 64.1 Å². The normalized spacial score (nSPS) is 27.9. The maximum Gasteiger partial charge on any atom is 0.258 e. The average Bonchev–Trinajstić information content (AvgIpc) is 3.50. The van der Waals surface area contributed by atoms with Crippen molar-refractivity contribution >= 4 is 23.2 Å². The van der Waals surface area contributed by atoms with E-state index in [-0.39, 0.29) is 29.3 Å². The number of hydrogen-bond acceptors (Lipinski definition) is 6. The number of carbonyl (C=O) groups excluding carboxylic acids is 1. The number of rotatable bonds is 3. The fourth-order valence-corrected chi connectivity index (χ4v) is 6.20. The van der Waals surface area contributed by atoms with Gasteiger partial charge in [0.2, 0.25) is 0 Å². The number of fused-ring (bicyclic) bond motifs is 4. The summed E-state index contributed by atoms with van der Waals surface area (Å²) >= 11 is 6.33. The zero-order valence-corrected chi connectivity index (χ0v) is 20.1. The van der Waals surface area contributed by atoms with E-state index in [9.17, 15) is 14.3 Å². The van der Waals surface area contributed by atoms with E-state index in [4.69, 9.17) is 16.3 Å². The number of aromatic nitrogens is 3. The summed E-state index contributed by atoms with van der Waals surface area (Å²) in [5.41, 5.74) is 3.46. The minimum Gasteiger partial charge on any atom is -0.483 e. The fourth-order valence-electron chi connectivity index (χ4n) is 6.08. The summed E-state index contributed by atoms with van der Waals surface area (Å²) in [5, 5.41) is 15.6. The molecule has 2 saturated heterocycles. The van der Waals surface area contributed by atoms with Gasteiger partial charge < -0.3 is 14.7 Å². The Balaban J connectivity index is 1.31. The summed E-state index contributed by atoms with van der Waals surface area (Å²) in [6.07, 6.45) is 0.0820. The average molecular weight is 486 g/mol. The Kier molecular flexibility index (Phi) is 4.56. The van der Waals surface area contributed by atoms with Gasteiger partial charge in [-0.15, -0.1) is 0 Å². The van der Waals surface area contributed by atoms with E-state index in [0.29, 0.717) is 35.9 Å². The Bertz CT molecular complexity index is 1370. The molecule has 2 bridgehead atoms. The molecule has 1 aromatic carbocycles. The lowest BCUT2D eigenvalue weighted by Gasteiger charge is -2.54. The van der Waals surface area contributed by atoms with Gasteiger partial charge in [0.15, 0.2) is 5.65 Å². The first-order chi connectivity index (χ1) is 16.1. The number of ether oxygens (including phenoxy) is 1. The van der Waals surface area contributed by atoms with Crippen LogP contribution in [-0.2, 0) is 13.1 Å². The summed E-state index contributed by atoms with van der Waals surface area (Å²) in [4.78, 5) is 21.9. The van der Waals surface area contributed by atoms with Crippen LogP contribution in [0, 0.1) is 19.7 Å². The number of carbonyl (C=O) groups is 1. The molecule has 7 rings (SSSR count). The van der Waals surface area contributed by atoms with Crippen LogP contribution >= 0.6 is 11.6 Å². The highest BCUT2D eigenvalue weighted by molar-refractivity contribution is 6.31. The fraction of sp³-hybridized carbons (Fsp3) is 0.458. The molecule has 1 saturated carbocycles. The van der Waals surface area contributed by atoms with Crippen LogP contribution in [0.15, 0.2) is 18.2 Å². The lowest BCUT2D eigenvalue weighted by atomic mass is 9.84. The van der Waals surface area contributed by atoms with E-state index < -0.39 is 17.5 Å². The van der Waals surface area contributed by atoms with Crippen molar-refractivity contribution in [3.05, 3.63) is 57.2 Å². The maximum atomic E-state index is 14.2. The molecule has 3 fully saturated rings. The Hall–Kier alpha value is -2.75. The first-order valence-corrected chi connectivity index (χ1v) is 11.7. The maximum absolute atomic E-state index is 14.2. The van der Waals surface area contributed by atoms with Gasteiger partial charge in [0, 0.05) is 11.6 Å². The number of amides is 1. The van der Waals surface area contributed by atoms with Gasteiger partial charge in [-0.1, -0.05) is 11.6 Å². The molecule has 2 aromatic heterocycles. The van der Waals surface area contributed by atoms with E-state index >= 15 is 0 Å². The number of aryl methyl sites for hydroxylation is 2. The van der Waals surface area contributed by atoms with Gasteiger partial charge in [0.05, 0.1) is 58.9 Å². The van der Waals surface area contributed by atoms with Crippen molar-refractivity contribution in [1.82, 2.24) is 24.4 Å². The highest BCUT2D eigenvalue weighted by Gasteiger charge is 2.67. The summed E-state index contributed by atoms with van der Waals surface area (Å²) in [6, 6.07) is 3.80. The Morgan fingerprint density at radius 1 is 1.32 bits per heavy atom. The first-order valence-electron chi connectivity index (χ1n) is 11.3. The van der Waals surface area contributed by atoms with Crippen LogP contribution in [0.4, 0.5) is 4.39 Å². The van der Waals surface area contributed by atoms with Crippen LogP contribution in [0.25, 0.3) is 5.65 Å². The van der Waals surface area contributed by atoms with Crippen LogP contribution in [0.2, 0.25) is 5.02 Å². The topological polar surface area (TPSA) is 83.2 Å². The van der Waals surface area contributed by atoms with Crippen LogP contribution < -0.4 is 4.74 Å². The molecule has 4 unspecified atom stereocenters. The lowest BCUT2D eigenvalue weighted by molar-refractivity contribution is -0.135. The molecule has 0 radical (unpaired) electrons. The van der Waals surface area contributed by atoms with E-state index in [1.807, 2.05) is 27.8 Å². The van der Waals surface area contributed by atoms with Gasteiger partial charge in [-0.3, -0.25) is 9.69 Å². The lowest BCUT2D eigenvalue weighted by Crippen LogP contribution is -2.72. The smallest absolute Gasteiger partial charge is 0.258 e. The molecule has 4 atom stereocenters. The number of halogens is 2. The minimum atomic E-state index is -0.689. The molecule has 34 heavy (non-hydrogen) atoms. The monoisotopic (exact) mass is 485 g/mol. The molecule has 1 aliphatic carbocycles. The van der Waals surface area contributed by atoms with E-state index in [0.717, 1.165) is 17.0 Å². The van der Waals surface area contributed by atoms with Crippen molar-refractivity contribution in [3.63, 3.8) is 0 Å². The van der Waals surface area contributed by atoms with Gasteiger partial charge in [-0.2, -0.15) is 5.10 Å². The third kappa shape index (κ3) is 2.80. The third-order valence-electron chi connectivity index (χ3n) is 7.76. The predicted octanol–water partition coefficient (Wildman–Crippen LogP) is 2.88. The molecule has 1 amide bonds. The Morgan fingerprint density at radius 2 is 2.09 bits per heavy atom. The van der Waals surface area contributed by atoms with Gasteiger partial charge in [0.25, 0.3) is 5.91 Å². The van der Waals surface area contributed by atoms with Crippen molar-refractivity contribution in [3.8, 4) is 5.75 Å². The second kappa shape index (κ2) is 7.13. The molecular formula is C24H25ClFN5O3. The van der Waals surface area contributed by atoms with Crippen molar-refractivity contribution in [2.75, 3.05) is 7.05 Å². The summed E-state index contributed by atoms with van der Waals surface area (Å²) in [7, 11) is 1.94. The second-order valence-electron chi connectivity index (χ2n) is 9.77. The number of hydrogen-bond donors (Lipinski definition) is 1. The number of likely N-dealkylation sites (N-methyl/N-ethyl adjacent to an activating group) is 1. The van der Waals surface area contributed by atoms with Gasteiger partial charge in [0.1, 0.15) is 17.2 Å². The first kappa shape index (κ1) is 21.8. The molecule has 5 heterocycles. The molecule has 10 heteroatoms. The zero-order chi connectivity index (χ0) is 24.1. The van der Waals surface area contributed by atoms with Crippen molar-refractivity contribution < 1.29 is 19.0 Å². The summed E-state index contributed by atoms with van der Waals surface area (Å²) < 4.78 is 22.2. The second-order valence-corrected chi connectivity index (χ2v) is 10.2. The molecule has 4 aliphatic rings. The Morgan fingerprint density at radius 3 is 2.76 bits per heavy atom. The summed E-state index contributed by atoms with van der Waals surface area (Å²) in [5.74, 6) is -0.553. The number of benzene rings is 1. The molecule has 3 aliphatic heterocycles.